The third-order valence-corrected chi connectivity index (χ3v) is 2.80. The van der Waals surface area contributed by atoms with Crippen LogP contribution in [0.2, 0.25) is 0 Å². The predicted octanol–water partition coefficient (Wildman–Crippen LogP) is 1.16. The molecule has 0 amide bonds. The van der Waals surface area contributed by atoms with Crippen LogP contribution >= 0.6 is 0 Å². The van der Waals surface area contributed by atoms with Crippen LogP contribution in [0.3, 0.4) is 0 Å². The topological polar surface area (TPSA) is 78.8 Å². The van der Waals surface area contributed by atoms with E-state index in [1.54, 1.807) is 6.20 Å². The van der Waals surface area contributed by atoms with Crippen molar-refractivity contribution in [2.45, 2.75) is 26.3 Å². The molecule has 0 radical (unpaired) electrons. The molecule has 1 aromatic rings. The summed E-state index contributed by atoms with van der Waals surface area (Å²) < 4.78 is 0. The molecular weight excluding hydrogens is 214 g/mol. The molecule has 0 aliphatic rings. The number of nitriles is 1. The summed E-state index contributed by atoms with van der Waals surface area (Å²) in [6.45, 7) is 5.07. The summed E-state index contributed by atoms with van der Waals surface area (Å²) >= 11 is 0. The van der Waals surface area contributed by atoms with Gasteiger partial charge in [0.25, 0.3) is 0 Å². The quantitative estimate of drug-likeness (QED) is 0.825. The minimum Gasteiger partial charge on any atom is -0.358 e. The molecule has 0 bridgehead atoms. The Morgan fingerprint density at radius 3 is 2.59 bits per heavy atom. The van der Waals surface area contributed by atoms with Gasteiger partial charge in [0, 0.05) is 19.6 Å². The van der Waals surface area contributed by atoms with E-state index in [0.29, 0.717) is 11.6 Å². The maximum atomic E-state index is 8.62. The molecule has 1 aromatic heterocycles. The van der Waals surface area contributed by atoms with E-state index in [1.165, 1.54) is 6.20 Å². The molecular formula is C12H19N5. The molecule has 0 fully saturated rings. The van der Waals surface area contributed by atoms with Crippen molar-refractivity contribution < 1.29 is 0 Å². The summed E-state index contributed by atoms with van der Waals surface area (Å²) in [5.74, 6) is 1.25. The lowest BCUT2D eigenvalue weighted by atomic mass is 10.0. The highest BCUT2D eigenvalue weighted by Crippen LogP contribution is 2.09. The van der Waals surface area contributed by atoms with Crippen molar-refractivity contribution in [3.05, 3.63) is 18.1 Å². The summed E-state index contributed by atoms with van der Waals surface area (Å²) in [5, 5.41) is 8.62. The summed E-state index contributed by atoms with van der Waals surface area (Å²) in [7, 11) is 1.95. The fourth-order valence-corrected chi connectivity index (χ4v) is 1.37. The molecule has 0 saturated carbocycles. The molecule has 0 aromatic carbocycles. The van der Waals surface area contributed by atoms with E-state index < -0.39 is 0 Å². The number of hydrogen-bond acceptors (Lipinski definition) is 5. The van der Waals surface area contributed by atoms with E-state index in [4.69, 9.17) is 11.0 Å². The van der Waals surface area contributed by atoms with Crippen LogP contribution in [-0.2, 0) is 0 Å². The zero-order chi connectivity index (χ0) is 12.8. The van der Waals surface area contributed by atoms with E-state index in [2.05, 4.69) is 23.8 Å². The van der Waals surface area contributed by atoms with Gasteiger partial charge in [0.15, 0.2) is 5.69 Å². The second-order valence-electron chi connectivity index (χ2n) is 4.49. The molecule has 5 heteroatoms. The number of nitrogens with zero attached hydrogens (tertiary/aromatic N) is 4. The van der Waals surface area contributed by atoms with Gasteiger partial charge >= 0.3 is 0 Å². The van der Waals surface area contributed by atoms with Crippen molar-refractivity contribution in [1.82, 2.24) is 9.97 Å². The van der Waals surface area contributed by atoms with Gasteiger partial charge in [-0.3, -0.25) is 0 Å². The zero-order valence-electron chi connectivity index (χ0n) is 10.6. The second-order valence-corrected chi connectivity index (χ2v) is 4.49. The molecule has 1 atom stereocenters. The molecule has 17 heavy (non-hydrogen) atoms. The van der Waals surface area contributed by atoms with Gasteiger partial charge in [-0.05, 0) is 12.3 Å². The normalized spacial score (nSPS) is 12.2. The molecule has 0 aliphatic carbocycles. The lowest BCUT2D eigenvalue weighted by molar-refractivity contribution is 0.465. The molecule has 0 spiro atoms. The van der Waals surface area contributed by atoms with Crippen molar-refractivity contribution in [2.75, 3.05) is 18.5 Å². The van der Waals surface area contributed by atoms with Crippen molar-refractivity contribution in [3.63, 3.8) is 0 Å². The van der Waals surface area contributed by atoms with Crippen LogP contribution < -0.4 is 10.6 Å². The van der Waals surface area contributed by atoms with Gasteiger partial charge in [-0.15, -0.1) is 0 Å². The number of aromatic nitrogens is 2. The molecule has 1 unspecified atom stereocenters. The van der Waals surface area contributed by atoms with Gasteiger partial charge in [0.05, 0.1) is 12.4 Å². The average Bonchev–Trinajstić information content (AvgIpc) is 2.35. The van der Waals surface area contributed by atoms with Crippen LogP contribution in [0.5, 0.6) is 0 Å². The molecule has 5 nitrogen and oxygen atoms in total. The third-order valence-electron chi connectivity index (χ3n) is 2.80. The molecule has 0 aliphatic heterocycles. The largest absolute Gasteiger partial charge is 0.358 e. The van der Waals surface area contributed by atoms with Crippen molar-refractivity contribution >= 4 is 5.82 Å². The fraction of sp³-hybridized carbons (Fsp3) is 0.583. The van der Waals surface area contributed by atoms with E-state index in [0.717, 1.165) is 18.8 Å². The number of hydrogen-bond donors (Lipinski definition) is 1. The van der Waals surface area contributed by atoms with Crippen LogP contribution in [0.4, 0.5) is 5.82 Å². The lowest BCUT2D eigenvalue weighted by Gasteiger charge is -2.21. The summed E-state index contributed by atoms with van der Waals surface area (Å²) in [6, 6.07) is 2.14. The Labute approximate surface area is 102 Å². The van der Waals surface area contributed by atoms with Crippen molar-refractivity contribution in [2.24, 2.45) is 11.7 Å². The maximum absolute atomic E-state index is 8.62. The summed E-state index contributed by atoms with van der Waals surface area (Å²) in [5.41, 5.74) is 6.32. The Morgan fingerprint density at radius 2 is 2.12 bits per heavy atom. The van der Waals surface area contributed by atoms with Gasteiger partial charge < -0.3 is 10.6 Å². The van der Waals surface area contributed by atoms with Crippen LogP contribution in [0.1, 0.15) is 26.0 Å². The predicted molar refractivity (Wildman–Crippen MR) is 67.4 cm³/mol. The van der Waals surface area contributed by atoms with E-state index >= 15 is 0 Å². The highest BCUT2D eigenvalue weighted by atomic mass is 15.2. The summed E-state index contributed by atoms with van der Waals surface area (Å²) in [4.78, 5) is 10.2. The number of rotatable bonds is 5. The Kier molecular flexibility index (Phi) is 4.85. The van der Waals surface area contributed by atoms with Crippen LogP contribution in [0.15, 0.2) is 12.4 Å². The lowest BCUT2D eigenvalue weighted by Crippen LogP contribution is -2.32. The molecule has 92 valence electrons. The van der Waals surface area contributed by atoms with Gasteiger partial charge in [-0.2, -0.15) is 5.26 Å². The Hall–Kier alpha value is -1.67. The van der Waals surface area contributed by atoms with E-state index in [1.807, 2.05) is 18.0 Å². The molecule has 1 heterocycles. The minimum absolute atomic E-state index is 0.198. The van der Waals surface area contributed by atoms with Gasteiger partial charge in [-0.25, -0.2) is 9.97 Å². The first-order valence-corrected chi connectivity index (χ1v) is 5.73. The SMILES string of the molecule is CC(C)C(N)CCN(C)c1cnc(C#N)cn1. The second kappa shape index (κ2) is 6.16. The van der Waals surface area contributed by atoms with Crippen LogP contribution in [0, 0.1) is 17.2 Å². The highest BCUT2D eigenvalue weighted by molar-refractivity contribution is 5.35. The Morgan fingerprint density at radius 1 is 1.41 bits per heavy atom. The van der Waals surface area contributed by atoms with E-state index in [-0.39, 0.29) is 6.04 Å². The number of anilines is 1. The molecule has 2 N–H and O–H groups in total. The third kappa shape index (κ3) is 4.00. The van der Waals surface area contributed by atoms with Crippen molar-refractivity contribution in [3.8, 4) is 6.07 Å². The monoisotopic (exact) mass is 233 g/mol. The average molecular weight is 233 g/mol. The zero-order valence-corrected chi connectivity index (χ0v) is 10.6. The van der Waals surface area contributed by atoms with Crippen LogP contribution in [-0.4, -0.2) is 29.6 Å². The minimum atomic E-state index is 0.198. The highest BCUT2D eigenvalue weighted by Gasteiger charge is 2.10. The first-order valence-electron chi connectivity index (χ1n) is 5.73. The fourth-order valence-electron chi connectivity index (χ4n) is 1.37. The van der Waals surface area contributed by atoms with E-state index in [9.17, 15) is 0 Å². The molecule has 0 saturated heterocycles. The van der Waals surface area contributed by atoms with Crippen LogP contribution in [0.25, 0.3) is 0 Å². The smallest absolute Gasteiger partial charge is 0.158 e. The Bertz CT molecular complexity index is 379. The van der Waals surface area contributed by atoms with Gasteiger partial charge in [0.2, 0.25) is 0 Å². The molecule has 1 rings (SSSR count). The van der Waals surface area contributed by atoms with Crippen molar-refractivity contribution in [1.29, 1.82) is 5.26 Å². The Balaban J connectivity index is 2.52. The standard InChI is InChI=1S/C12H19N5/c1-9(2)11(14)4-5-17(3)12-8-15-10(6-13)7-16-12/h7-9,11H,4-5,14H2,1-3H3. The van der Waals surface area contributed by atoms with Gasteiger partial charge in [0.1, 0.15) is 11.9 Å². The van der Waals surface area contributed by atoms with Gasteiger partial charge in [-0.1, -0.05) is 13.8 Å². The maximum Gasteiger partial charge on any atom is 0.158 e. The first kappa shape index (κ1) is 13.4. The first-order chi connectivity index (χ1) is 8.04. The number of nitrogens with two attached hydrogens (primary N) is 1. The summed E-state index contributed by atoms with van der Waals surface area (Å²) in [6.07, 6.45) is 4.00.